The molecule has 1 unspecified atom stereocenters. The first-order chi connectivity index (χ1) is 5.95. The van der Waals surface area contributed by atoms with Gasteiger partial charge in [0, 0.05) is 11.8 Å². The van der Waals surface area contributed by atoms with Gasteiger partial charge in [0.25, 0.3) is 0 Å². The van der Waals surface area contributed by atoms with Crippen LogP contribution in [-0.2, 0) is 4.79 Å². The summed E-state index contributed by atoms with van der Waals surface area (Å²) in [7, 11) is 0. The Hall–Kier alpha value is -0.360. The van der Waals surface area contributed by atoms with Crippen molar-refractivity contribution >= 4 is 36.5 Å². The topological polar surface area (TPSA) is 113 Å². The first-order valence-electron chi connectivity index (χ1n) is 4.24. The van der Waals surface area contributed by atoms with Gasteiger partial charge in [-0.25, -0.2) is 0 Å². The highest BCUT2D eigenvalue weighted by Crippen LogP contribution is 2.02. The molecule has 0 radical (unpaired) electrons. The van der Waals surface area contributed by atoms with Crippen molar-refractivity contribution in [3.8, 4) is 0 Å². The second-order valence-corrected chi connectivity index (χ2v) is 3.17. The second kappa shape index (κ2) is 10.2. The molecule has 0 heterocycles. The maximum atomic E-state index is 10.3. The number of carboxylic acid groups (broad SMARTS) is 1. The molecule has 6 N–H and O–H groups in total. The van der Waals surface area contributed by atoms with Crippen molar-refractivity contribution in [2.24, 2.45) is 11.5 Å². The van der Waals surface area contributed by atoms with Gasteiger partial charge in [0.1, 0.15) is 6.04 Å². The van der Waals surface area contributed by atoms with Crippen LogP contribution in [0.1, 0.15) is 26.2 Å². The number of carbonyl (C=O) groups is 1. The molecule has 0 rings (SSSR count). The third-order valence-electron chi connectivity index (χ3n) is 1.90. The van der Waals surface area contributed by atoms with Gasteiger partial charge in [-0.15, -0.1) is 24.8 Å². The molecule has 0 amide bonds. The average Bonchev–Trinajstić information content (AvgIpc) is 2.03. The summed E-state index contributed by atoms with van der Waals surface area (Å²) < 4.78 is 0. The van der Waals surface area contributed by atoms with Crippen molar-refractivity contribution in [2.75, 3.05) is 0 Å². The highest BCUT2D eigenvalue weighted by Gasteiger charge is 2.12. The monoisotopic (exact) mass is 259 g/mol. The van der Waals surface area contributed by atoms with Crippen LogP contribution < -0.4 is 11.5 Å². The van der Waals surface area contributed by atoms with Crippen molar-refractivity contribution in [3.05, 3.63) is 0 Å². The van der Waals surface area contributed by atoms with E-state index in [1.807, 2.05) is 0 Å². The molecule has 0 saturated carbocycles. The molecule has 0 saturated heterocycles. The quantitative estimate of drug-likeness (QED) is 0.528. The van der Waals surface area contributed by atoms with Crippen LogP contribution in [0, 0.1) is 5.41 Å². The standard InChI is InChI=1S/C8H17N3O2.2ClH/c1-5(9)6(10)3-2-4-7(11)8(12)13;;/h6-7,9H,2-4,10-11H2,1H3,(H,12,13);2*1H/t6?,7-;;/m0../s1. The van der Waals surface area contributed by atoms with Gasteiger partial charge in [-0.3, -0.25) is 4.79 Å². The Morgan fingerprint density at radius 1 is 1.27 bits per heavy atom. The average molecular weight is 260 g/mol. The van der Waals surface area contributed by atoms with E-state index in [4.69, 9.17) is 22.0 Å². The van der Waals surface area contributed by atoms with Crippen LogP contribution in [0.25, 0.3) is 0 Å². The van der Waals surface area contributed by atoms with E-state index in [-0.39, 0.29) is 30.9 Å². The minimum absolute atomic E-state index is 0. The SMILES string of the molecule is CC(=N)C(N)CCC[C@H](N)C(=O)O.Cl.Cl. The fourth-order valence-corrected chi connectivity index (χ4v) is 0.898. The van der Waals surface area contributed by atoms with Gasteiger partial charge in [0.2, 0.25) is 0 Å². The van der Waals surface area contributed by atoms with Crippen LogP contribution in [0.3, 0.4) is 0 Å². The van der Waals surface area contributed by atoms with E-state index >= 15 is 0 Å². The fourth-order valence-electron chi connectivity index (χ4n) is 0.898. The molecule has 5 nitrogen and oxygen atoms in total. The van der Waals surface area contributed by atoms with E-state index in [9.17, 15) is 4.79 Å². The zero-order valence-corrected chi connectivity index (χ0v) is 10.2. The smallest absolute Gasteiger partial charge is 0.320 e. The van der Waals surface area contributed by atoms with Crippen molar-refractivity contribution < 1.29 is 9.90 Å². The third-order valence-corrected chi connectivity index (χ3v) is 1.90. The number of nitrogens with two attached hydrogens (primary N) is 2. The van der Waals surface area contributed by atoms with Gasteiger partial charge < -0.3 is 22.0 Å². The molecular weight excluding hydrogens is 241 g/mol. The van der Waals surface area contributed by atoms with Gasteiger partial charge in [0.15, 0.2) is 0 Å². The van der Waals surface area contributed by atoms with E-state index in [0.717, 1.165) is 0 Å². The normalized spacial score (nSPS) is 13.0. The van der Waals surface area contributed by atoms with E-state index in [0.29, 0.717) is 25.0 Å². The lowest BCUT2D eigenvalue weighted by Crippen LogP contribution is -2.32. The molecule has 0 bridgehead atoms. The Balaban J connectivity index is -0.000000720. The van der Waals surface area contributed by atoms with Crippen molar-refractivity contribution in [1.82, 2.24) is 0 Å². The number of hydrogen-bond acceptors (Lipinski definition) is 4. The summed E-state index contributed by atoms with van der Waals surface area (Å²) in [5.74, 6) is -0.986. The first-order valence-corrected chi connectivity index (χ1v) is 4.24. The molecule has 0 aliphatic rings. The predicted octanol–water partition coefficient (Wildman–Crippen LogP) is 0.779. The summed E-state index contributed by atoms with van der Waals surface area (Å²) in [6.07, 6.45) is 1.68. The molecule has 0 aromatic rings. The van der Waals surface area contributed by atoms with E-state index in [1.54, 1.807) is 6.92 Å². The zero-order chi connectivity index (χ0) is 10.4. The van der Waals surface area contributed by atoms with Gasteiger partial charge >= 0.3 is 5.97 Å². The number of rotatable bonds is 6. The summed E-state index contributed by atoms with van der Waals surface area (Å²) in [6, 6.07) is -1.07. The summed E-state index contributed by atoms with van der Waals surface area (Å²) >= 11 is 0. The van der Waals surface area contributed by atoms with E-state index < -0.39 is 12.0 Å². The Labute approximate surface area is 102 Å². The lowest BCUT2D eigenvalue weighted by Gasteiger charge is -2.10. The van der Waals surface area contributed by atoms with Crippen molar-refractivity contribution in [1.29, 1.82) is 5.41 Å². The summed E-state index contributed by atoms with van der Waals surface area (Å²) in [6.45, 7) is 1.64. The molecule has 15 heavy (non-hydrogen) atoms. The van der Waals surface area contributed by atoms with E-state index in [2.05, 4.69) is 0 Å². The van der Waals surface area contributed by atoms with Gasteiger partial charge in [0.05, 0.1) is 0 Å². The van der Waals surface area contributed by atoms with E-state index in [1.165, 1.54) is 0 Å². The minimum Gasteiger partial charge on any atom is -0.480 e. The Kier molecular flexibility index (Phi) is 13.6. The lowest BCUT2D eigenvalue weighted by molar-refractivity contribution is -0.138. The van der Waals surface area contributed by atoms with Crippen LogP contribution in [0.4, 0.5) is 0 Å². The fraction of sp³-hybridized carbons (Fsp3) is 0.750. The van der Waals surface area contributed by atoms with Gasteiger partial charge in [-0.05, 0) is 26.2 Å². The molecule has 7 heteroatoms. The molecule has 0 fully saturated rings. The first kappa shape index (κ1) is 20.1. The predicted molar refractivity (Wildman–Crippen MR) is 65.3 cm³/mol. The Morgan fingerprint density at radius 3 is 2.00 bits per heavy atom. The van der Waals surface area contributed by atoms with Crippen LogP contribution in [0.2, 0.25) is 0 Å². The number of halogens is 2. The maximum absolute atomic E-state index is 10.3. The summed E-state index contributed by atoms with van der Waals surface area (Å²) in [5, 5.41) is 15.7. The summed E-state index contributed by atoms with van der Waals surface area (Å²) in [4.78, 5) is 10.3. The maximum Gasteiger partial charge on any atom is 0.320 e. The van der Waals surface area contributed by atoms with Crippen molar-refractivity contribution in [3.63, 3.8) is 0 Å². The molecular formula is C8H19Cl2N3O2. The largest absolute Gasteiger partial charge is 0.480 e. The third kappa shape index (κ3) is 9.93. The number of nitrogens with one attached hydrogen (secondary N) is 1. The molecule has 0 aliphatic carbocycles. The zero-order valence-electron chi connectivity index (χ0n) is 8.60. The molecule has 0 spiro atoms. The molecule has 2 atom stereocenters. The Bertz CT molecular complexity index is 182. The molecule has 0 aromatic heterocycles. The number of carboxylic acids is 1. The van der Waals surface area contributed by atoms with Crippen LogP contribution in [0.5, 0.6) is 0 Å². The minimum atomic E-state index is -0.986. The van der Waals surface area contributed by atoms with Crippen LogP contribution in [-0.4, -0.2) is 28.9 Å². The second-order valence-electron chi connectivity index (χ2n) is 3.17. The van der Waals surface area contributed by atoms with Gasteiger partial charge in [-0.2, -0.15) is 0 Å². The van der Waals surface area contributed by atoms with Crippen molar-refractivity contribution in [2.45, 2.75) is 38.3 Å². The molecule has 0 aromatic carbocycles. The van der Waals surface area contributed by atoms with Crippen LogP contribution >= 0.6 is 24.8 Å². The van der Waals surface area contributed by atoms with Crippen LogP contribution in [0.15, 0.2) is 0 Å². The highest BCUT2D eigenvalue weighted by atomic mass is 35.5. The Morgan fingerprint density at radius 2 is 1.67 bits per heavy atom. The lowest BCUT2D eigenvalue weighted by atomic mass is 10.0. The highest BCUT2D eigenvalue weighted by molar-refractivity contribution is 5.85. The number of hydrogen-bond donors (Lipinski definition) is 4. The number of aliphatic carboxylic acids is 1. The summed E-state index contributed by atoms with van der Waals surface area (Å²) in [5.41, 5.74) is 11.3. The van der Waals surface area contributed by atoms with Gasteiger partial charge in [-0.1, -0.05) is 0 Å². The molecule has 92 valence electrons. The molecule has 0 aliphatic heterocycles.